The molecule has 0 atom stereocenters. The monoisotopic (exact) mass is 414 g/mol. The minimum Gasteiger partial charge on any atom is -0.744 e. The van der Waals surface area contributed by atoms with Crippen LogP contribution in [0.4, 0.5) is 0 Å². The van der Waals surface area contributed by atoms with Crippen molar-refractivity contribution in [2.45, 2.75) is 9.79 Å². The predicted molar refractivity (Wildman–Crippen MR) is 80.7 cm³/mol. The van der Waals surface area contributed by atoms with E-state index in [-0.39, 0.29) is 80.7 Å². The van der Waals surface area contributed by atoms with Gasteiger partial charge in [-0.2, -0.15) is 0 Å². The van der Waals surface area contributed by atoms with E-state index in [1.807, 2.05) is 0 Å². The summed E-state index contributed by atoms with van der Waals surface area (Å²) in [5.74, 6) is -0.920. The molecule has 126 valence electrons. The van der Waals surface area contributed by atoms with Gasteiger partial charge >= 0.3 is 59.1 Å². The van der Waals surface area contributed by atoms with E-state index in [9.17, 15) is 36.2 Å². The maximum atomic E-state index is 11.1. The Balaban J connectivity index is 0.00000169. The van der Waals surface area contributed by atoms with Crippen molar-refractivity contribution in [3.63, 3.8) is 0 Å². The molecule has 0 unspecified atom stereocenters. The molecule has 0 aliphatic carbocycles. The zero-order chi connectivity index (χ0) is 17.9. The van der Waals surface area contributed by atoms with Crippen LogP contribution in [0.15, 0.2) is 46.2 Å². The molecule has 0 amide bonds. The van der Waals surface area contributed by atoms with E-state index in [1.54, 1.807) is 0 Å². The topological polar surface area (TPSA) is 155 Å². The van der Waals surface area contributed by atoms with E-state index in [1.165, 1.54) is 0 Å². The third-order valence-corrected chi connectivity index (χ3v) is 5.24. The summed E-state index contributed by atoms with van der Waals surface area (Å²) < 4.78 is 66.5. The van der Waals surface area contributed by atoms with Crippen molar-refractivity contribution in [1.29, 1.82) is 0 Å². The standard InChI is InChI=1S/C14H10O8S2.2Na/c15-13-9-3-1-7(23(17,18)19)5-11(9)14(16)10-4-2-8(6-12(10)13)24(20,21)22;;/h1-6,15-16H,(H,17,18,19)(H,20,21,22);;/q;2*+1/p-2. The second kappa shape index (κ2) is 7.92. The fraction of sp³-hybridized carbons (Fsp3) is 0. The van der Waals surface area contributed by atoms with Gasteiger partial charge in [0, 0.05) is 21.5 Å². The summed E-state index contributed by atoms with van der Waals surface area (Å²) in [5.41, 5.74) is 0. The van der Waals surface area contributed by atoms with Crippen LogP contribution in [0, 0.1) is 0 Å². The first-order chi connectivity index (χ1) is 11.0. The van der Waals surface area contributed by atoms with Crippen LogP contribution in [-0.4, -0.2) is 36.2 Å². The summed E-state index contributed by atoms with van der Waals surface area (Å²) in [6.45, 7) is 0. The second-order valence-electron chi connectivity index (χ2n) is 5.02. The fourth-order valence-electron chi connectivity index (χ4n) is 2.45. The summed E-state index contributed by atoms with van der Waals surface area (Å²) in [6.07, 6.45) is 0. The van der Waals surface area contributed by atoms with Crippen LogP contribution in [0.25, 0.3) is 21.5 Å². The van der Waals surface area contributed by atoms with E-state index in [0.717, 1.165) is 36.4 Å². The summed E-state index contributed by atoms with van der Waals surface area (Å²) in [5, 5.41) is 20.3. The van der Waals surface area contributed by atoms with Crippen LogP contribution in [0.5, 0.6) is 11.5 Å². The molecule has 0 bridgehead atoms. The molecule has 26 heavy (non-hydrogen) atoms. The zero-order valence-corrected chi connectivity index (χ0v) is 19.3. The molecule has 0 fully saturated rings. The largest absolute Gasteiger partial charge is 1.00 e. The molecule has 0 radical (unpaired) electrons. The van der Waals surface area contributed by atoms with Crippen molar-refractivity contribution in [2.24, 2.45) is 0 Å². The first kappa shape index (κ1) is 23.6. The Labute approximate surface area is 192 Å². The Morgan fingerprint density at radius 2 is 0.923 bits per heavy atom. The van der Waals surface area contributed by atoms with Gasteiger partial charge in [0.15, 0.2) is 0 Å². The van der Waals surface area contributed by atoms with Crippen LogP contribution in [-0.2, 0) is 20.2 Å². The smallest absolute Gasteiger partial charge is 0.744 e. The number of phenols is 2. The number of hydrogen-bond acceptors (Lipinski definition) is 8. The maximum absolute atomic E-state index is 11.1. The molecule has 3 rings (SSSR count). The normalized spacial score (nSPS) is 11.8. The van der Waals surface area contributed by atoms with E-state index in [2.05, 4.69) is 0 Å². The molecule has 3 aromatic rings. The van der Waals surface area contributed by atoms with Crippen molar-refractivity contribution in [2.75, 3.05) is 0 Å². The summed E-state index contributed by atoms with van der Waals surface area (Å²) in [7, 11) is -9.53. The molecule has 8 nitrogen and oxygen atoms in total. The van der Waals surface area contributed by atoms with Gasteiger partial charge in [-0.25, -0.2) is 16.8 Å². The molecule has 2 N–H and O–H groups in total. The molecule has 0 saturated carbocycles. The molecule has 0 aliphatic heterocycles. The minimum absolute atomic E-state index is 0. The summed E-state index contributed by atoms with van der Waals surface area (Å²) >= 11 is 0. The van der Waals surface area contributed by atoms with E-state index >= 15 is 0 Å². The van der Waals surface area contributed by atoms with E-state index < -0.39 is 41.5 Å². The second-order valence-corrected chi connectivity index (χ2v) is 7.78. The van der Waals surface area contributed by atoms with Gasteiger partial charge in [0.1, 0.15) is 31.7 Å². The average Bonchev–Trinajstić information content (AvgIpc) is 2.49. The zero-order valence-electron chi connectivity index (χ0n) is 13.6. The molecule has 0 aromatic heterocycles. The number of hydrogen-bond donors (Lipinski definition) is 2. The first-order valence-corrected chi connectivity index (χ1v) is 9.15. The van der Waals surface area contributed by atoms with Gasteiger partial charge in [-0.05, 0) is 36.4 Å². The Kier molecular flexibility index (Phi) is 7.20. The number of benzene rings is 3. The van der Waals surface area contributed by atoms with Gasteiger partial charge in [0.05, 0.1) is 9.79 Å². The average molecular weight is 414 g/mol. The van der Waals surface area contributed by atoms with Crippen LogP contribution in [0.3, 0.4) is 0 Å². The van der Waals surface area contributed by atoms with Crippen molar-refractivity contribution in [3.8, 4) is 11.5 Å². The molecule has 0 spiro atoms. The third kappa shape index (κ3) is 4.20. The molecule has 12 heteroatoms. The summed E-state index contributed by atoms with van der Waals surface area (Å²) in [6, 6.07) is 5.92. The van der Waals surface area contributed by atoms with E-state index in [4.69, 9.17) is 0 Å². The van der Waals surface area contributed by atoms with Gasteiger partial charge in [-0.15, -0.1) is 0 Å². The first-order valence-electron chi connectivity index (χ1n) is 6.33. The molecule has 0 saturated heterocycles. The quantitative estimate of drug-likeness (QED) is 0.183. The molecule has 0 aliphatic rings. The van der Waals surface area contributed by atoms with Crippen LogP contribution < -0.4 is 59.1 Å². The van der Waals surface area contributed by atoms with Gasteiger partial charge in [-0.3, -0.25) is 0 Å². The van der Waals surface area contributed by atoms with Gasteiger partial charge in [-0.1, -0.05) is 0 Å². The predicted octanol–water partition coefficient (Wildman–Crippen LogP) is -4.78. The summed E-state index contributed by atoms with van der Waals surface area (Å²) in [4.78, 5) is -1.19. The number of phenolic OH excluding ortho intramolecular Hbond substituents is 2. The fourth-order valence-corrected chi connectivity index (χ4v) is 3.45. The van der Waals surface area contributed by atoms with E-state index in [0.29, 0.717) is 0 Å². The number of rotatable bonds is 2. The Morgan fingerprint density at radius 1 is 0.615 bits per heavy atom. The number of aromatic hydroxyl groups is 2. The molecule has 3 aromatic carbocycles. The Bertz CT molecular complexity index is 1120. The molecular formula is C14H8Na2O8S2. The van der Waals surface area contributed by atoms with Crippen LogP contribution >= 0.6 is 0 Å². The number of fused-ring (bicyclic) bond motifs is 2. The maximum Gasteiger partial charge on any atom is 1.00 e. The van der Waals surface area contributed by atoms with Gasteiger partial charge < -0.3 is 19.3 Å². The third-order valence-electron chi connectivity index (χ3n) is 3.58. The van der Waals surface area contributed by atoms with Gasteiger partial charge in [0.2, 0.25) is 0 Å². The van der Waals surface area contributed by atoms with Crippen LogP contribution in [0.2, 0.25) is 0 Å². The SMILES string of the molecule is O=S(=O)([O-])c1ccc2c(O)c3cc(S(=O)(=O)[O-])ccc3c(O)c2c1.[Na+].[Na+]. The van der Waals surface area contributed by atoms with Crippen molar-refractivity contribution >= 4 is 41.8 Å². The van der Waals surface area contributed by atoms with Crippen molar-refractivity contribution in [1.82, 2.24) is 0 Å². The Morgan fingerprint density at radius 3 is 1.19 bits per heavy atom. The molecule has 0 heterocycles. The Hall–Kier alpha value is -0.400. The van der Waals surface area contributed by atoms with Crippen molar-refractivity contribution < 1.29 is 95.3 Å². The minimum atomic E-state index is -4.77. The van der Waals surface area contributed by atoms with Crippen molar-refractivity contribution in [3.05, 3.63) is 36.4 Å². The molecular weight excluding hydrogens is 406 g/mol. The van der Waals surface area contributed by atoms with Crippen LogP contribution in [0.1, 0.15) is 0 Å². The van der Waals surface area contributed by atoms with Gasteiger partial charge in [0.25, 0.3) is 0 Å².